The minimum atomic E-state index is -4.94. The van der Waals surface area contributed by atoms with E-state index in [0.29, 0.717) is 16.9 Å². The molecule has 9 heteroatoms. The van der Waals surface area contributed by atoms with Crippen molar-refractivity contribution in [2.75, 3.05) is 11.9 Å². The minimum absolute atomic E-state index is 0.0563. The average Bonchev–Trinajstić information content (AvgIpc) is 2.77. The molecule has 1 unspecified atom stereocenters. The van der Waals surface area contributed by atoms with E-state index in [9.17, 15) is 23.1 Å². The summed E-state index contributed by atoms with van der Waals surface area (Å²) < 4.78 is 44.9. The monoisotopic (exact) mass is 394 g/mol. The summed E-state index contributed by atoms with van der Waals surface area (Å²) in [4.78, 5) is 14.2. The van der Waals surface area contributed by atoms with Crippen LogP contribution in [-0.2, 0) is 10.3 Å². The molecule has 126 valence electrons. The Balaban J connectivity index is 2.70. The number of hydrogen-bond acceptors (Lipinski definition) is 3. The molecule has 0 aliphatic rings. The Kier molecular flexibility index (Phi) is 4.63. The maximum Gasteiger partial charge on any atom is 0.421 e. The van der Waals surface area contributed by atoms with Crippen molar-refractivity contribution in [2.45, 2.75) is 25.6 Å². The molecule has 1 aromatic heterocycles. The molecule has 1 aromatic carbocycles. The van der Waals surface area contributed by atoms with Crippen molar-refractivity contribution in [3.63, 3.8) is 0 Å². The van der Waals surface area contributed by atoms with Crippen molar-refractivity contribution in [1.82, 2.24) is 4.98 Å². The van der Waals surface area contributed by atoms with Gasteiger partial charge >= 0.3 is 12.3 Å². The van der Waals surface area contributed by atoms with E-state index >= 15 is 0 Å². The molecule has 1 atom stereocenters. The Morgan fingerprint density at radius 3 is 2.65 bits per heavy atom. The number of benzene rings is 1. The lowest BCUT2D eigenvalue weighted by molar-refractivity contribution is -0.258. The number of aromatic amines is 1. The molecule has 0 saturated heterocycles. The Bertz CT molecular complexity index is 741. The van der Waals surface area contributed by atoms with E-state index in [4.69, 9.17) is 0 Å². The Morgan fingerprint density at radius 1 is 1.43 bits per heavy atom. The van der Waals surface area contributed by atoms with E-state index in [1.54, 1.807) is 19.1 Å². The fourth-order valence-electron chi connectivity index (χ4n) is 2.20. The topological polar surface area (TPSA) is 74.3 Å². The third-order valence-electron chi connectivity index (χ3n) is 3.31. The van der Waals surface area contributed by atoms with E-state index in [2.05, 4.69) is 31.0 Å². The molecule has 2 aromatic rings. The van der Waals surface area contributed by atoms with Gasteiger partial charge < -0.3 is 14.8 Å². The highest BCUT2D eigenvalue weighted by Crippen LogP contribution is 2.46. The van der Waals surface area contributed by atoms with Gasteiger partial charge in [-0.25, -0.2) is 4.79 Å². The summed E-state index contributed by atoms with van der Waals surface area (Å²) in [6, 6.07) is 4.69. The number of carbonyl (C=O) groups is 1. The normalized spacial score (nSPS) is 14.6. The standard InChI is InChI=1S/C14H14BrF3N2O3/c1-3-23-12(21)20-11-10(13(2,22)14(16,17)18)9-7(15)5-4-6-8(9)19-11/h4-6,19,22H,3H2,1-2H3,(H,20,21). The predicted molar refractivity (Wildman–Crippen MR) is 82.3 cm³/mol. The first kappa shape index (κ1) is 17.6. The van der Waals surface area contributed by atoms with E-state index in [-0.39, 0.29) is 17.8 Å². The van der Waals surface area contributed by atoms with Crippen LogP contribution in [0.1, 0.15) is 19.4 Å². The van der Waals surface area contributed by atoms with Gasteiger partial charge in [0, 0.05) is 20.9 Å². The highest BCUT2D eigenvalue weighted by atomic mass is 79.9. The van der Waals surface area contributed by atoms with Crippen LogP contribution in [0, 0.1) is 0 Å². The number of ether oxygens (including phenoxy) is 1. The number of rotatable bonds is 3. The second-order valence-corrected chi connectivity index (χ2v) is 5.81. The second kappa shape index (κ2) is 6.04. The van der Waals surface area contributed by atoms with Crippen molar-refractivity contribution < 1.29 is 27.8 Å². The van der Waals surface area contributed by atoms with Crippen LogP contribution in [0.15, 0.2) is 22.7 Å². The summed E-state index contributed by atoms with van der Waals surface area (Å²) in [5, 5.41) is 12.4. The first-order valence-electron chi connectivity index (χ1n) is 6.63. The minimum Gasteiger partial charge on any atom is -0.450 e. The van der Waals surface area contributed by atoms with Gasteiger partial charge in [-0.15, -0.1) is 0 Å². The van der Waals surface area contributed by atoms with Gasteiger partial charge in [0.15, 0.2) is 5.60 Å². The third-order valence-corrected chi connectivity index (χ3v) is 3.98. The van der Waals surface area contributed by atoms with Crippen LogP contribution in [0.25, 0.3) is 10.9 Å². The van der Waals surface area contributed by atoms with E-state index < -0.39 is 23.4 Å². The smallest absolute Gasteiger partial charge is 0.421 e. The van der Waals surface area contributed by atoms with Crippen LogP contribution in [-0.4, -0.2) is 29.0 Å². The Labute approximate surface area is 137 Å². The molecule has 0 radical (unpaired) electrons. The van der Waals surface area contributed by atoms with E-state index in [1.165, 1.54) is 6.07 Å². The quantitative estimate of drug-likeness (QED) is 0.727. The zero-order valence-corrected chi connectivity index (χ0v) is 13.8. The Morgan fingerprint density at radius 2 is 2.09 bits per heavy atom. The maximum absolute atomic E-state index is 13.3. The molecular weight excluding hydrogens is 381 g/mol. The summed E-state index contributed by atoms with van der Waals surface area (Å²) >= 11 is 3.17. The van der Waals surface area contributed by atoms with Gasteiger partial charge in [0.1, 0.15) is 5.82 Å². The molecule has 0 fully saturated rings. The van der Waals surface area contributed by atoms with Gasteiger partial charge in [0.25, 0.3) is 0 Å². The van der Waals surface area contributed by atoms with Crippen molar-refractivity contribution in [1.29, 1.82) is 0 Å². The first-order valence-corrected chi connectivity index (χ1v) is 7.42. The lowest BCUT2D eigenvalue weighted by Crippen LogP contribution is -2.39. The summed E-state index contributed by atoms with van der Waals surface area (Å²) in [7, 11) is 0. The highest BCUT2D eigenvalue weighted by molar-refractivity contribution is 9.10. The van der Waals surface area contributed by atoms with Crippen molar-refractivity contribution in [2.24, 2.45) is 0 Å². The fraction of sp³-hybridized carbons (Fsp3) is 0.357. The molecule has 0 aliphatic heterocycles. The predicted octanol–water partition coefficient (Wildman–Crippen LogP) is 4.27. The van der Waals surface area contributed by atoms with Crippen LogP contribution in [0.2, 0.25) is 0 Å². The average molecular weight is 395 g/mol. The number of H-pyrrole nitrogens is 1. The van der Waals surface area contributed by atoms with Gasteiger partial charge in [-0.1, -0.05) is 22.0 Å². The zero-order valence-electron chi connectivity index (χ0n) is 12.2. The van der Waals surface area contributed by atoms with Crippen molar-refractivity contribution in [3.05, 3.63) is 28.2 Å². The molecule has 1 heterocycles. The van der Waals surface area contributed by atoms with Gasteiger partial charge in [-0.3, -0.25) is 5.32 Å². The molecule has 0 bridgehead atoms. The number of alkyl halides is 3. The largest absolute Gasteiger partial charge is 0.450 e. The van der Waals surface area contributed by atoms with E-state index in [0.717, 1.165) is 0 Å². The summed E-state index contributed by atoms with van der Waals surface area (Å²) in [6.07, 6.45) is -5.86. The second-order valence-electron chi connectivity index (χ2n) is 4.95. The number of carbonyl (C=O) groups excluding carboxylic acids is 1. The summed E-state index contributed by atoms with van der Waals surface area (Å²) in [6.45, 7) is 2.25. The molecule has 0 spiro atoms. The molecule has 2 rings (SSSR count). The van der Waals surface area contributed by atoms with Crippen molar-refractivity contribution >= 4 is 38.7 Å². The number of fused-ring (bicyclic) bond motifs is 1. The fourth-order valence-corrected chi connectivity index (χ4v) is 2.76. The van der Waals surface area contributed by atoms with Crippen LogP contribution in [0.4, 0.5) is 23.8 Å². The lowest BCUT2D eigenvalue weighted by Gasteiger charge is -2.27. The number of nitrogens with one attached hydrogen (secondary N) is 2. The molecular formula is C14H14BrF3N2O3. The van der Waals surface area contributed by atoms with E-state index in [1.807, 2.05) is 0 Å². The van der Waals surface area contributed by atoms with Crippen LogP contribution in [0.5, 0.6) is 0 Å². The van der Waals surface area contributed by atoms with Gasteiger partial charge in [-0.05, 0) is 26.0 Å². The van der Waals surface area contributed by atoms with Crippen LogP contribution >= 0.6 is 15.9 Å². The van der Waals surface area contributed by atoms with Crippen LogP contribution in [0.3, 0.4) is 0 Å². The third kappa shape index (κ3) is 3.16. The SMILES string of the molecule is CCOC(=O)Nc1[nH]c2cccc(Br)c2c1C(C)(O)C(F)(F)F. The molecule has 5 nitrogen and oxygen atoms in total. The number of aromatic nitrogens is 1. The molecule has 0 aliphatic carbocycles. The molecule has 1 amide bonds. The van der Waals surface area contributed by atoms with Crippen LogP contribution < -0.4 is 5.32 Å². The Hall–Kier alpha value is -1.74. The molecule has 3 N–H and O–H groups in total. The molecule has 23 heavy (non-hydrogen) atoms. The first-order chi connectivity index (χ1) is 10.6. The van der Waals surface area contributed by atoms with Gasteiger partial charge in [0.2, 0.25) is 0 Å². The summed E-state index contributed by atoms with van der Waals surface area (Å²) in [5.74, 6) is -0.271. The zero-order chi connectivity index (χ0) is 17.4. The number of halogens is 4. The summed E-state index contributed by atoms with van der Waals surface area (Å²) in [5.41, 5.74) is -3.34. The number of amides is 1. The number of hydrogen-bond donors (Lipinski definition) is 3. The van der Waals surface area contributed by atoms with Crippen molar-refractivity contribution in [3.8, 4) is 0 Å². The number of anilines is 1. The number of aliphatic hydroxyl groups is 1. The van der Waals surface area contributed by atoms with Gasteiger partial charge in [-0.2, -0.15) is 13.2 Å². The molecule has 0 saturated carbocycles. The highest BCUT2D eigenvalue weighted by Gasteiger charge is 2.54. The van der Waals surface area contributed by atoms with Gasteiger partial charge in [0.05, 0.1) is 6.61 Å². The lowest BCUT2D eigenvalue weighted by atomic mass is 9.94. The maximum atomic E-state index is 13.3.